The second-order valence-electron chi connectivity index (χ2n) is 8.11. The molecule has 186 valence electrons. The normalized spacial score (nSPS) is 11.6. The van der Waals surface area contributed by atoms with E-state index in [1.54, 1.807) is 18.2 Å². The molecule has 0 radical (unpaired) electrons. The summed E-state index contributed by atoms with van der Waals surface area (Å²) in [7, 11) is -2.53. The molecule has 9 nitrogen and oxygen atoms in total. The molecule has 0 saturated carbocycles. The molecule has 0 bridgehead atoms. The summed E-state index contributed by atoms with van der Waals surface area (Å²) in [6.45, 7) is 0.448. The quantitative estimate of drug-likeness (QED) is 0.219. The minimum absolute atomic E-state index is 0.0912. The van der Waals surface area contributed by atoms with Gasteiger partial charge in [-0.2, -0.15) is 5.26 Å². The number of carbonyl (C=O) groups excluding carboxylic acids is 2. The molecule has 4 aromatic rings. The van der Waals surface area contributed by atoms with Gasteiger partial charge in [0, 0.05) is 34.9 Å². The van der Waals surface area contributed by atoms with Crippen molar-refractivity contribution in [3.8, 4) is 6.07 Å². The zero-order valence-corrected chi connectivity index (χ0v) is 20.5. The van der Waals surface area contributed by atoms with Crippen molar-refractivity contribution in [3.05, 3.63) is 101 Å². The predicted octanol–water partition coefficient (Wildman–Crippen LogP) is 3.67. The van der Waals surface area contributed by atoms with E-state index in [-0.39, 0.29) is 10.5 Å². The van der Waals surface area contributed by atoms with Gasteiger partial charge in [-0.05, 0) is 54.1 Å². The molecular formula is C27H22N4O5S. The molecule has 0 aliphatic heterocycles. The fourth-order valence-corrected chi connectivity index (χ4v) is 4.38. The topological polar surface area (TPSA) is 144 Å². The highest BCUT2D eigenvalue weighted by atomic mass is 32.2. The summed E-state index contributed by atoms with van der Waals surface area (Å²) in [6, 6.07) is 21.9. The van der Waals surface area contributed by atoms with Gasteiger partial charge in [-0.15, -0.1) is 0 Å². The lowest BCUT2D eigenvalue weighted by Gasteiger charge is -2.07. The number of rotatable bonds is 7. The molecule has 3 N–H and O–H groups in total. The van der Waals surface area contributed by atoms with Gasteiger partial charge in [-0.25, -0.2) is 18.4 Å². The molecule has 4 rings (SSSR count). The lowest BCUT2D eigenvalue weighted by Crippen LogP contribution is -2.14. The molecule has 1 aromatic heterocycles. The van der Waals surface area contributed by atoms with E-state index in [2.05, 4.69) is 5.32 Å². The first kappa shape index (κ1) is 25.4. The number of primary sulfonamides is 1. The van der Waals surface area contributed by atoms with Crippen LogP contribution in [0.1, 0.15) is 21.5 Å². The number of anilines is 1. The number of aromatic nitrogens is 1. The number of sulfonamides is 1. The Balaban J connectivity index is 1.63. The molecule has 1 heterocycles. The van der Waals surface area contributed by atoms with E-state index < -0.39 is 21.9 Å². The fourth-order valence-electron chi connectivity index (χ4n) is 3.86. The van der Waals surface area contributed by atoms with Crippen molar-refractivity contribution in [1.29, 1.82) is 5.26 Å². The lowest BCUT2D eigenvalue weighted by molar-refractivity contribution is -0.112. The standard InChI is InChI=1S/C27H22N4O5S/c1-36-27(33)19-6-4-5-18(13-19)16-31-17-21(24-7-2-3-8-25(24)31)14-20(15-28)26(32)30-22-9-11-23(12-10-22)37(29,34)35/h2-14,17H,16H2,1H3,(H,30,32)(H2,29,34,35)/b20-14+. The summed E-state index contributed by atoms with van der Waals surface area (Å²) in [6.07, 6.45) is 3.33. The number of nitrogens with zero attached hydrogens (tertiary/aromatic N) is 2. The van der Waals surface area contributed by atoms with Gasteiger partial charge in [0.2, 0.25) is 10.0 Å². The number of hydrogen-bond acceptors (Lipinski definition) is 6. The predicted molar refractivity (Wildman–Crippen MR) is 139 cm³/mol. The molecule has 1 amide bonds. The number of amides is 1. The number of nitriles is 1. The van der Waals surface area contributed by atoms with Gasteiger partial charge in [0.25, 0.3) is 5.91 Å². The van der Waals surface area contributed by atoms with Gasteiger partial charge in [-0.3, -0.25) is 4.79 Å². The first-order chi connectivity index (χ1) is 17.7. The van der Waals surface area contributed by atoms with Crippen molar-refractivity contribution >= 4 is 44.6 Å². The third-order valence-electron chi connectivity index (χ3n) is 5.63. The van der Waals surface area contributed by atoms with E-state index in [0.717, 1.165) is 16.5 Å². The van der Waals surface area contributed by atoms with E-state index in [0.29, 0.717) is 23.4 Å². The van der Waals surface area contributed by atoms with Crippen LogP contribution in [0.5, 0.6) is 0 Å². The Hall–Kier alpha value is -4.72. The number of benzene rings is 3. The van der Waals surface area contributed by atoms with Crippen molar-refractivity contribution in [1.82, 2.24) is 4.57 Å². The smallest absolute Gasteiger partial charge is 0.337 e. The summed E-state index contributed by atoms with van der Waals surface area (Å²) in [4.78, 5) is 24.6. The molecule has 0 spiro atoms. The van der Waals surface area contributed by atoms with Crippen LogP contribution in [0.3, 0.4) is 0 Å². The van der Waals surface area contributed by atoms with Gasteiger partial charge < -0.3 is 14.6 Å². The monoisotopic (exact) mass is 514 g/mol. The van der Waals surface area contributed by atoms with Crippen molar-refractivity contribution in [2.75, 3.05) is 12.4 Å². The molecule has 37 heavy (non-hydrogen) atoms. The lowest BCUT2D eigenvalue weighted by atomic mass is 10.1. The van der Waals surface area contributed by atoms with Crippen LogP contribution in [-0.2, 0) is 26.1 Å². The van der Waals surface area contributed by atoms with Crippen LogP contribution in [0.2, 0.25) is 0 Å². The van der Waals surface area contributed by atoms with Gasteiger partial charge in [0.1, 0.15) is 11.6 Å². The van der Waals surface area contributed by atoms with Crippen LogP contribution in [0.25, 0.3) is 17.0 Å². The van der Waals surface area contributed by atoms with Crippen molar-refractivity contribution in [2.24, 2.45) is 5.14 Å². The number of esters is 1. The number of para-hydroxylation sites is 1. The molecule has 0 aliphatic carbocycles. The number of fused-ring (bicyclic) bond motifs is 1. The Bertz CT molecular complexity index is 1680. The number of nitrogens with one attached hydrogen (secondary N) is 1. The zero-order chi connectivity index (χ0) is 26.6. The Kier molecular flexibility index (Phi) is 7.20. The molecule has 0 saturated heterocycles. The summed E-state index contributed by atoms with van der Waals surface area (Å²) in [5.41, 5.74) is 3.04. The molecule has 10 heteroatoms. The van der Waals surface area contributed by atoms with Crippen LogP contribution in [0.4, 0.5) is 5.69 Å². The number of methoxy groups -OCH3 is 1. The summed E-state index contributed by atoms with van der Waals surface area (Å²) >= 11 is 0. The van der Waals surface area contributed by atoms with Crippen LogP contribution in [0.15, 0.2) is 89.5 Å². The maximum atomic E-state index is 12.8. The molecule has 0 fully saturated rings. The summed E-state index contributed by atoms with van der Waals surface area (Å²) in [5, 5.41) is 18.2. The van der Waals surface area contributed by atoms with Crippen LogP contribution in [-0.4, -0.2) is 32.0 Å². The highest BCUT2D eigenvalue weighted by Crippen LogP contribution is 2.25. The van der Waals surface area contributed by atoms with Crippen molar-refractivity contribution < 1.29 is 22.7 Å². The Morgan fingerprint density at radius 3 is 2.49 bits per heavy atom. The van der Waals surface area contributed by atoms with Crippen LogP contribution < -0.4 is 10.5 Å². The summed E-state index contributed by atoms with van der Waals surface area (Å²) < 4.78 is 29.6. The number of carbonyl (C=O) groups is 2. The maximum absolute atomic E-state index is 12.8. The van der Waals surface area contributed by atoms with E-state index in [4.69, 9.17) is 9.88 Å². The first-order valence-corrected chi connectivity index (χ1v) is 12.6. The summed E-state index contributed by atoms with van der Waals surface area (Å²) in [5.74, 6) is -1.07. The average Bonchev–Trinajstić information content (AvgIpc) is 3.23. The minimum atomic E-state index is -3.86. The van der Waals surface area contributed by atoms with Gasteiger partial charge in [-0.1, -0.05) is 30.3 Å². The zero-order valence-electron chi connectivity index (χ0n) is 19.7. The SMILES string of the molecule is COC(=O)c1cccc(Cn2cc(/C=C(\C#N)C(=O)Nc3ccc(S(N)(=O)=O)cc3)c3ccccc32)c1. The minimum Gasteiger partial charge on any atom is -0.465 e. The highest BCUT2D eigenvalue weighted by molar-refractivity contribution is 7.89. The van der Waals surface area contributed by atoms with E-state index in [1.807, 2.05) is 47.2 Å². The van der Waals surface area contributed by atoms with E-state index in [9.17, 15) is 23.3 Å². The highest BCUT2D eigenvalue weighted by Gasteiger charge is 2.14. The van der Waals surface area contributed by atoms with Gasteiger partial charge in [0.05, 0.1) is 17.6 Å². The van der Waals surface area contributed by atoms with Crippen molar-refractivity contribution in [3.63, 3.8) is 0 Å². The third kappa shape index (κ3) is 5.75. The Morgan fingerprint density at radius 2 is 1.81 bits per heavy atom. The molecule has 0 atom stereocenters. The van der Waals surface area contributed by atoms with Crippen LogP contribution in [0, 0.1) is 11.3 Å². The molecule has 0 aliphatic rings. The number of ether oxygens (including phenoxy) is 1. The van der Waals surface area contributed by atoms with E-state index >= 15 is 0 Å². The van der Waals surface area contributed by atoms with Gasteiger partial charge in [0.15, 0.2) is 0 Å². The fraction of sp³-hybridized carbons (Fsp3) is 0.0741. The van der Waals surface area contributed by atoms with E-state index in [1.165, 1.54) is 37.5 Å². The van der Waals surface area contributed by atoms with Crippen LogP contribution >= 0.6 is 0 Å². The molecular weight excluding hydrogens is 492 g/mol. The average molecular weight is 515 g/mol. The second kappa shape index (κ2) is 10.5. The van der Waals surface area contributed by atoms with Gasteiger partial charge >= 0.3 is 5.97 Å². The third-order valence-corrected chi connectivity index (χ3v) is 6.56. The Morgan fingerprint density at radius 1 is 1.08 bits per heavy atom. The number of hydrogen-bond donors (Lipinski definition) is 2. The maximum Gasteiger partial charge on any atom is 0.337 e. The first-order valence-electron chi connectivity index (χ1n) is 11.0. The van der Waals surface area contributed by atoms with Crippen molar-refractivity contribution in [2.45, 2.75) is 11.4 Å². The molecule has 3 aromatic carbocycles. The largest absolute Gasteiger partial charge is 0.465 e. The second-order valence-corrected chi connectivity index (χ2v) is 9.68. The molecule has 0 unspecified atom stereocenters. The Labute approximate surface area is 213 Å². The number of nitrogens with two attached hydrogens (primary N) is 1.